The third kappa shape index (κ3) is 4.49. The van der Waals surface area contributed by atoms with Crippen molar-refractivity contribution in [2.75, 3.05) is 25.1 Å². The first kappa shape index (κ1) is 17.3. The maximum absolute atomic E-state index is 12.6. The van der Waals surface area contributed by atoms with Gasteiger partial charge < -0.3 is 10.2 Å². The molecular weight excluding hydrogens is 364 g/mol. The van der Waals surface area contributed by atoms with Crippen molar-refractivity contribution in [3.8, 4) is 0 Å². The first-order valence-electron chi connectivity index (χ1n) is 7.46. The fourth-order valence-electron chi connectivity index (χ4n) is 2.53. The molecule has 0 radical (unpaired) electrons. The zero-order valence-electron chi connectivity index (χ0n) is 12.7. The number of nitrogens with one attached hydrogen (secondary N) is 1. The molecule has 1 N–H and O–H groups in total. The van der Waals surface area contributed by atoms with Crippen molar-refractivity contribution in [1.82, 2.24) is 10.2 Å². The summed E-state index contributed by atoms with van der Waals surface area (Å²) in [5.74, 6) is 0.693. The third-order valence-corrected chi connectivity index (χ3v) is 5.09. The number of hydrogen-bond acceptors (Lipinski definition) is 3. The third-order valence-electron chi connectivity index (χ3n) is 3.75. The molecule has 120 valence electrons. The number of nitrogens with zero attached hydrogens (tertiary/aromatic N) is 1. The maximum atomic E-state index is 12.6. The molecule has 1 aliphatic heterocycles. The summed E-state index contributed by atoms with van der Waals surface area (Å²) in [6, 6.07) is 6.82. The van der Waals surface area contributed by atoms with E-state index < -0.39 is 6.04 Å². The number of thioether (sulfide) groups is 1. The molecule has 4 nitrogen and oxygen atoms in total. The van der Waals surface area contributed by atoms with Gasteiger partial charge in [0.25, 0.3) is 5.91 Å². The van der Waals surface area contributed by atoms with E-state index in [-0.39, 0.29) is 11.8 Å². The van der Waals surface area contributed by atoms with Crippen LogP contribution in [0.4, 0.5) is 0 Å². The standard InChI is InChI=1S/C16H21BrN2O2S/c1-22-11-8-14(16(21)19-9-4-5-10-19)18-15(20)12-6-2-3-7-13(12)17/h2-3,6-7,14H,4-5,8-11H2,1H3,(H,18,20). The Bertz CT molecular complexity index is 533. The summed E-state index contributed by atoms with van der Waals surface area (Å²) >= 11 is 5.07. The second-order valence-electron chi connectivity index (χ2n) is 5.32. The lowest BCUT2D eigenvalue weighted by Gasteiger charge is -2.24. The minimum atomic E-state index is -0.440. The molecular formula is C16H21BrN2O2S. The lowest BCUT2D eigenvalue weighted by Crippen LogP contribution is -2.48. The van der Waals surface area contributed by atoms with Crippen molar-refractivity contribution in [1.29, 1.82) is 0 Å². The normalized spacial score (nSPS) is 15.6. The molecule has 6 heteroatoms. The topological polar surface area (TPSA) is 49.4 Å². The van der Waals surface area contributed by atoms with Crippen LogP contribution in [0.3, 0.4) is 0 Å². The second-order valence-corrected chi connectivity index (χ2v) is 7.16. The van der Waals surface area contributed by atoms with Gasteiger partial charge >= 0.3 is 0 Å². The van der Waals surface area contributed by atoms with Crippen molar-refractivity contribution in [2.45, 2.75) is 25.3 Å². The van der Waals surface area contributed by atoms with Crippen LogP contribution in [-0.4, -0.2) is 47.9 Å². The van der Waals surface area contributed by atoms with Gasteiger partial charge in [-0.3, -0.25) is 9.59 Å². The van der Waals surface area contributed by atoms with Gasteiger partial charge in [-0.25, -0.2) is 0 Å². The molecule has 1 fully saturated rings. The van der Waals surface area contributed by atoms with Crippen LogP contribution in [0.5, 0.6) is 0 Å². The molecule has 1 heterocycles. The summed E-state index contributed by atoms with van der Waals surface area (Å²) in [6.07, 6.45) is 4.78. The van der Waals surface area contributed by atoms with Gasteiger partial charge in [-0.1, -0.05) is 12.1 Å². The van der Waals surface area contributed by atoms with E-state index in [9.17, 15) is 9.59 Å². The zero-order chi connectivity index (χ0) is 15.9. The van der Waals surface area contributed by atoms with Crippen molar-refractivity contribution >= 4 is 39.5 Å². The highest BCUT2D eigenvalue weighted by Crippen LogP contribution is 2.17. The monoisotopic (exact) mass is 384 g/mol. The van der Waals surface area contributed by atoms with Crippen molar-refractivity contribution in [3.63, 3.8) is 0 Å². The van der Waals surface area contributed by atoms with Gasteiger partial charge in [0.1, 0.15) is 6.04 Å². The number of carbonyl (C=O) groups excluding carboxylic acids is 2. The van der Waals surface area contributed by atoms with Crippen LogP contribution < -0.4 is 5.32 Å². The van der Waals surface area contributed by atoms with Crippen LogP contribution >= 0.6 is 27.7 Å². The van der Waals surface area contributed by atoms with Crippen molar-refractivity contribution < 1.29 is 9.59 Å². The van der Waals surface area contributed by atoms with E-state index in [1.165, 1.54) is 0 Å². The number of halogens is 1. The SMILES string of the molecule is CSCCC(NC(=O)c1ccccc1Br)C(=O)N1CCCC1. The zero-order valence-corrected chi connectivity index (χ0v) is 15.1. The molecule has 0 spiro atoms. The number of hydrogen-bond donors (Lipinski definition) is 1. The Morgan fingerprint density at radius 1 is 1.32 bits per heavy atom. The Morgan fingerprint density at radius 3 is 2.64 bits per heavy atom. The lowest BCUT2D eigenvalue weighted by atomic mass is 10.1. The van der Waals surface area contributed by atoms with E-state index in [4.69, 9.17) is 0 Å². The molecule has 1 unspecified atom stereocenters. The summed E-state index contributed by atoms with van der Waals surface area (Å²) in [6.45, 7) is 1.61. The van der Waals surface area contributed by atoms with E-state index in [0.717, 1.165) is 36.2 Å². The molecule has 1 saturated heterocycles. The molecule has 0 aliphatic carbocycles. The van der Waals surface area contributed by atoms with Crippen LogP contribution in [0.2, 0.25) is 0 Å². The largest absolute Gasteiger partial charge is 0.341 e. The van der Waals surface area contributed by atoms with Gasteiger partial charge in [-0.2, -0.15) is 11.8 Å². The predicted molar refractivity (Wildman–Crippen MR) is 94.2 cm³/mol. The Balaban J connectivity index is 2.07. The summed E-state index contributed by atoms with van der Waals surface area (Å²) in [7, 11) is 0. The molecule has 0 aromatic heterocycles. The van der Waals surface area contributed by atoms with Crippen LogP contribution in [0.25, 0.3) is 0 Å². The molecule has 1 aromatic rings. The molecule has 22 heavy (non-hydrogen) atoms. The summed E-state index contributed by atoms with van der Waals surface area (Å²) in [4.78, 5) is 26.9. The number of rotatable bonds is 6. The van der Waals surface area contributed by atoms with Gasteiger partial charge in [0.2, 0.25) is 5.91 Å². The molecule has 1 aromatic carbocycles. The molecule has 0 bridgehead atoms. The predicted octanol–water partition coefficient (Wildman–Crippen LogP) is 2.92. The van der Waals surface area contributed by atoms with Gasteiger partial charge in [0.05, 0.1) is 5.56 Å². The highest BCUT2D eigenvalue weighted by atomic mass is 79.9. The highest BCUT2D eigenvalue weighted by molar-refractivity contribution is 9.10. The Labute approximate surface area is 144 Å². The quantitative estimate of drug-likeness (QED) is 0.819. The fourth-order valence-corrected chi connectivity index (χ4v) is 3.47. The van der Waals surface area contributed by atoms with Crippen molar-refractivity contribution in [3.05, 3.63) is 34.3 Å². The summed E-state index contributed by atoms with van der Waals surface area (Å²) in [5.41, 5.74) is 0.561. The Hall–Kier alpha value is -1.01. The number of benzene rings is 1. The summed E-state index contributed by atoms with van der Waals surface area (Å²) < 4.78 is 0.740. The first-order valence-corrected chi connectivity index (χ1v) is 9.65. The molecule has 1 atom stereocenters. The van der Waals surface area contributed by atoms with Crippen molar-refractivity contribution in [2.24, 2.45) is 0 Å². The average molecular weight is 385 g/mol. The maximum Gasteiger partial charge on any atom is 0.253 e. The minimum Gasteiger partial charge on any atom is -0.341 e. The molecule has 2 rings (SSSR count). The van der Waals surface area contributed by atoms with Gasteiger partial charge in [-0.05, 0) is 59.3 Å². The van der Waals surface area contributed by atoms with E-state index >= 15 is 0 Å². The second kappa shape index (κ2) is 8.58. The Morgan fingerprint density at radius 2 is 2.00 bits per heavy atom. The first-order chi connectivity index (χ1) is 10.6. The Kier molecular flexibility index (Phi) is 6.76. The highest BCUT2D eigenvalue weighted by Gasteiger charge is 2.28. The van der Waals surface area contributed by atoms with Crippen LogP contribution in [0.1, 0.15) is 29.6 Å². The van der Waals surface area contributed by atoms with E-state index in [1.807, 2.05) is 29.4 Å². The molecule has 1 aliphatic rings. The van der Waals surface area contributed by atoms with Gasteiger partial charge in [0.15, 0.2) is 0 Å². The van der Waals surface area contributed by atoms with Gasteiger partial charge in [0, 0.05) is 17.6 Å². The molecule has 0 saturated carbocycles. The average Bonchev–Trinajstić information content (AvgIpc) is 3.05. The van der Waals surface area contributed by atoms with Crippen LogP contribution in [-0.2, 0) is 4.79 Å². The minimum absolute atomic E-state index is 0.0481. The molecule has 2 amide bonds. The van der Waals surface area contributed by atoms with Gasteiger partial charge in [-0.15, -0.1) is 0 Å². The lowest BCUT2D eigenvalue weighted by molar-refractivity contribution is -0.132. The smallest absolute Gasteiger partial charge is 0.253 e. The van der Waals surface area contributed by atoms with E-state index in [1.54, 1.807) is 17.8 Å². The van der Waals surface area contributed by atoms with Crippen LogP contribution in [0.15, 0.2) is 28.7 Å². The number of carbonyl (C=O) groups is 2. The summed E-state index contributed by atoms with van der Waals surface area (Å²) in [5, 5.41) is 2.91. The van der Waals surface area contributed by atoms with E-state index in [2.05, 4.69) is 21.2 Å². The number of amides is 2. The number of likely N-dealkylation sites (tertiary alicyclic amines) is 1. The fraction of sp³-hybridized carbons (Fsp3) is 0.500. The van der Waals surface area contributed by atoms with Crippen LogP contribution in [0, 0.1) is 0 Å². The van der Waals surface area contributed by atoms with E-state index in [0.29, 0.717) is 12.0 Å².